The van der Waals surface area contributed by atoms with Crippen LogP contribution in [0.4, 0.5) is 0 Å². The third-order valence-corrected chi connectivity index (χ3v) is 8.59. The molecule has 2 aromatic carbocycles. The number of likely N-dealkylation sites (N-methyl/N-ethyl adjacent to an activating group) is 1. The van der Waals surface area contributed by atoms with Gasteiger partial charge in [-0.2, -0.15) is 5.26 Å². The van der Waals surface area contributed by atoms with Crippen LogP contribution in [-0.2, 0) is 17.6 Å². The molecule has 5 atom stereocenters. The number of phenolic OH excluding ortho intramolecular Hbond substituents is 2. The zero-order chi connectivity index (χ0) is 27.5. The number of carbonyl (C=O) groups excluding carboxylic acids is 1. The van der Waals surface area contributed by atoms with E-state index in [1.54, 1.807) is 7.11 Å². The predicted octanol–water partition coefficient (Wildman–Crippen LogP) is 1.58. The number of aryl methyl sites for hydroxylation is 2. The number of nitrogens with two attached hydrogens (primary N) is 1. The lowest BCUT2D eigenvalue weighted by molar-refractivity contribution is -0.120. The number of nitriles is 1. The number of hydrogen-bond acceptors (Lipinski definition) is 9. The molecule has 3 heterocycles. The first-order valence-corrected chi connectivity index (χ1v) is 12.8. The van der Waals surface area contributed by atoms with Crippen molar-refractivity contribution < 1.29 is 24.5 Å². The summed E-state index contributed by atoms with van der Waals surface area (Å²) in [6.07, 6.45) is 1.10. The topological polar surface area (TPSA) is 144 Å². The first-order valence-electron chi connectivity index (χ1n) is 12.8. The Kier molecular flexibility index (Phi) is 6.63. The third-order valence-electron chi connectivity index (χ3n) is 8.59. The molecule has 1 unspecified atom stereocenters. The molecule has 0 radical (unpaired) electrons. The van der Waals surface area contributed by atoms with Crippen LogP contribution < -0.4 is 20.5 Å². The molecule has 2 bridgehead atoms. The first kappa shape index (κ1) is 26.1. The number of phenols is 2. The van der Waals surface area contributed by atoms with Crippen LogP contribution >= 0.6 is 0 Å². The second kappa shape index (κ2) is 9.66. The number of nitrogens with zero attached hydrogens (tertiary/aromatic N) is 3. The molecule has 5 N–H and O–H groups in total. The van der Waals surface area contributed by atoms with Crippen LogP contribution in [0.2, 0.25) is 0 Å². The van der Waals surface area contributed by atoms with E-state index in [1.165, 1.54) is 7.11 Å². The second-order valence-corrected chi connectivity index (χ2v) is 10.5. The molecule has 3 aliphatic rings. The normalized spacial score (nSPS) is 26.0. The number of benzene rings is 2. The number of piperazine rings is 1. The Labute approximate surface area is 222 Å². The number of rotatable bonds is 5. The van der Waals surface area contributed by atoms with E-state index < -0.39 is 12.1 Å². The van der Waals surface area contributed by atoms with Crippen molar-refractivity contribution in [3.8, 4) is 29.1 Å². The fraction of sp³-hybridized carbons (Fsp3) is 0.500. The summed E-state index contributed by atoms with van der Waals surface area (Å²) in [5.74, 6) is 0.655. The van der Waals surface area contributed by atoms with Gasteiger partial charge in [0.05, 0.1) is 38.9 Å². The molecule has 202 valence electrons. The van der Waals surface area contributed by atoms with Gasteiger partial charge in [0, 0.05) is 29.8 Å². The Morgan fingerprint density at radius 2 is 1.63 bits per heavy atom. The van der Waals surface area contributed by atoms with Crippen molar-refractivity contribution in [2.45, 2.75) is 56.9 Å². The van der Waals surface area contributed by atoms with Gasteiger partial charge in [-0.15, -0.1) is 0 Å². The Morgan fingerprint density at radius 3 is 2.18 bits per heavy atom. The Balaban J connectivity index is 1.74. The highest BCUT2D eigenvalue weighted by Crippen LogP contribution is 2.55. The Bertz CT molecular complexity index is 1340. The molecule has 38 heavy (non-hydrogen) atoms. The van der Waals surface area contributed by atoms with Crippen molar-refractivity contribution in [2.24, 2.45) is 5.73 Å². The van der Waals surface area contributed by atoms with E-state index in [9.17, 15) is 20.3 Å². The monoisotopic (exact) mass is 521 g/mol. The molecular formula is C28H35N5O5. The van der Waals surface area contributed by atoms with Crippen molar-refractivity contribution >= 4 is 5.91 Å². The fourth-order valence-electron chi connectivity index (χ4n) is 7.09. The smallest absolute Gasteiger partial charge is 0.233 e. The van der Waals surface area contributed by atoms with E-state index in [-0.39, 0.29) is 48.6 Å². The molecule has 0 spiro atoms. The molecule has 10 heteroatoms. The number of fused-ring (bicyclic) bond motifs is 7. The lowest BCUT2D eigenvalue weighted by Crippen LogP contribution is -2.68. The Morgan fingerprint density at radius 1 is 1.08 bits per heavy atom. The van der Waals surface area contributed by atoms with Crippen LogP contribution in [0.3, 0.4) is 0 Å². The summed E-state index contributed by atoms with van der Waals surface area (Å²) < 4.78 is 11.1. The highest BCUT2D eigenvalue weighted by Gasteiger charge is 2.55. The van der Waals surface area contributed by atoms with Gasteiger partial charge in [-0.05, 0) is 56.0 Å². The van der Waals surface area contributed by atoms with Crippen molar-refractivity contribution in [1.82, 2.24) is 15.1 Å². The highest BCUT2D eigenvalue weighted by molar-refractivity contribution is 5.77. The maximum Gasteiger partial charge on any atom is 0.233 e. The van der Waals surface area contributed by atoms with Crippen molar-refractivity contribution in [3.05, 3.63) is 45.5 Å². The summed E-state index contributed by atoms with van der Waals surface area (Å²) >= 11 is 0. The van der Waals surface area contributed by atoms with Gasteiger partial charge < -0.3 is 30.7 Å². The molecule has 5 rings (SSSR count). The number of amides is 1. The average molecular weight is 522 g/mol. The first-order chi connectivity index (χ1) is 18.2. The third kappa shape index (κ3) is 3.68. The van der Waals surface area contributed by atoms with Crippen LogP contribution in [0, 0.1) is 25.2 Å². The fourth-order valence-corrected chi connectivity index (χ4v) is 7.09. The van der Waals surface area contributed by atoms with Crippen molar-refractivity contribution in [3.63, 3.8) is 0 Å². The standard InChI is InChI=1S/C28H35N5O5/c1-13-6-15-9-18-24-23-16(7-14(2)28(38-5)26(23)36)8-17(32(24)3)19(10-29)33(18)20(12-31-21(34)11-30)22(15)25(35)27(13)37-4/h6-7,17-20,24,35-36H,8-9,11-12,30H2,1-5H3,(H,31,34)/t17-,18-,19-,20-,24?/m0/s1. The van der Waals surface area contributed by atoms with E-state index in [1.807, 2.05) is 27.0 Å². The van der Waals surface area contributed by atoms with E-state index in [2.05, 4.69) is 27.3 Å². The average Bonchev–Trinajstić information content (AvgIpc) is 2.88. The largest absolute Gasteiger partial charge is 0.504 e. The number of carbonyl (C=O) groups is 1. The Hall–Kier alpha value is -3.52. The molecule has 0 aliphatic carbocycles. The molecular weight excluding hydrogens is 486 g/mol. The van der Waals surface area contributed by atoms with E-state index in [4.69, 9.17) is 15.2 Å². The van der Waals surface area contributed by atoms with E-state index in [0.717, 1.165) is 27.8 Å². The summed E-state index contributed by atoms with van der Waals surface area (Å²) in [5, 5.41) is 36.2. The van der Waals surface area contributed by atoms with Crippen LogP contribution in [0.5, 0.6) is 23.0 Å². The van der Waals surface area contributed by atoms with Gasteiger partial charge in [-0.3, -0.25) is 14.6 Å². The molecule has 1 fully saturated rings. The van der Waals surface area contributed by atoms with Crippen LogP contribution in [0.1, 0.15) is 45.5 Å². The maximum absolute atomic E-state index is 12.2. The molecule has 2 aromatic rings. The van der Waals surface area contributed by atoms with Gasteiger partial charge in [-0.25, -0.2) is 0 Å². The van der Waals surface area contributed by atoms with Crippen LogP contribution in [0.25, 0.3) is 0 Å². The zero-order valence-corrected chi connectivity index (χ0v) is 22.4. The minimum Gasteiger partial charge on any atom is -0.504 e. The van der Waals surface area contributed by atoms with Crippen molar-refractivity contribution in [1.29, 1.82) is 5.26 Å². The molecule has 1 amide bonds. The van der Waals surface area contributed by atoms with Gasteiger partial charge in [0.2, 0.25) is 5.91 Å². The molecule has 0 aromatic heterocycles. The minimum absolute atomic E-state index is 0.0225. The molecule has 0 saturated carbocycles. The summed E-state index contributed by atoms with van der Waals surface area (Å²) in [7, 11) is 5.07. The van der Waals surface area contributed by atoms with Crippen LogP contribution in [0.15, 0.2) is 12.1 Å². The molecule has 10 nitrogen and oxygen atoms in total. The minimum atomic E-state index is -0.529. The van der Waals surface area contributed by atoms with Gasteiger partial charge in [-0.1, -0.05) is 12.1 Å². The van der Waals surface area contributed by atoms with Gasteiger partial charge >= 0.3 is 0 Å². The number of ether oxygens (including phenoxy) is 2. The molecule has 1 saturated heterocycles. The second-order valence-electron chi connectivity index (χ2n) is 10.5. The number of hydrogen-bond donors (Lipinski definition) is 4. The number of nitrogens with one attached hydrogen (secondary N) is 1. The van der Waals surface area contributed by atoms with Gasteiger partial charge in [0.25, 0.3) is 0 Å². The quantitative estimate of drug-likeness (QED) is 0.461. The summed E-state index contributed by atoms with van der Waals surface area (Å²) in [5.41, 5.74) is 10.6. The molecule has 3 aliphatic heterocycles. The zero-order valence-electron chi connectivity index (χ0n) is 22.4. The number of aromatic hydroxyl groups is 2. The van der Waals surface area contributed by atoms with Crippen molar-refractivity contribution in [2.75, 3.05) is 34.4 Å². The van der Waals surface area contributed by atoms with Gasteiger partial charge in [0.15, 0.2) is 23.0 Å². The SMILES string of the molecule is COc1c(C)cc2c(c1O)C1[C@@H]3Cc4cc(C)c(OC)c(O)c4[C@H](CNC(=O)CN)N3[C@@H](C#N)[C@H](C2)N1C. The summed E-state index contributed by atoms with van der Waals surface area (Å²) in [6.45, 7) is 3.79. The predicted molar refractivity (Wildman–Crippen MR) is 140 cm³/mol. The lowest BCUT2D eigenvalue weighted by Gasteiger charge is -2.60. The van der Waals surface area contributed by atoms with Crippen LogP contribution in [-0.4, -0.2) is 78.4 Å². The maximum atomic E-state index is 12.2. The van der Waals surface area contributed by atoms with E-state index in [0.29, 0.717) is 29.9 Å². The highest BCUT2D eigenvalue weighted by atomic mass is 16.5. The number of methoxy groups -OCH3 is 2. The van der Waals surface area contributed by atoms with E-state index >= 15 is 0 Å². The van der Waals surface area contributed by atoms with Gasteiger partial charge in [0.1, 0.15) is 6.04 Å². The summed E-state index contributed by atoms with van der Waals surface area (Å²) in [4.78, 5) is 16.6. The lowest BCUT2D eigenvalue weighted by atomic mass is 9.72. The summed E-state index contributed by atoms with van der Waals surface area (Å²) in [6, 6.07) is 4.94.